The van der Waals surface area contributed by atoms with Gasteiger partial charge in [0.25, 0.3) is 0 Å². The van der Waals surface area contributed by atoms with Crippen LogP contribution in [0.2, 0.25) is 0 Å². The maximum Gasteiger partial charge on any atom is 0.152 e. The first-order valence-corrected chi connectivity index (χ1v) is 3.96. The van der Waals surface area contributed by atoms with Gasteiger partial charge in [-0.15, -0.1) is 0 Å². The number of nitrogens with one attached hydrogen (secondary N) is 1. The molecular weight excluding hydrogens is 173 g/mol. The van der Waals surface area contributed by atoms with Gasteiger partial charge in [-0.05, 0) is 6.07 Å². The second-order valence-corrected chi connectivity index (χ2v) is 2.76. The van der Waals surface area contributed by atoms with E-state index in [1.165, 1.54) is 12.1 Å². The number of carbonyl (C=O) groups excluding carboxylic acids is 1. The summed E-state index contributed by atoms with van der Waals surface area (Å²) in [4.78, 5) is 10.6. The number of halogens is 1. The van der Waals surface area contributed by atoms with E-state index in [0.717, 1.165) is 0 Å². The fourth-order valence-corrected chi connectivity index (χ4v) is 1.34. The van der Waals surface area contributed by atoms with Gasteiger partial charge >= 0.3 is 0 Å². The number of benzene rings is 1. The van der Waals surface area contributed by atoms with Crippen molar-refractivity contribution in [2.24, 2.45) is 0 Å². The molecule has 0 aromatic heterocycles. The van der Waals surface area contributed by atoms with E-state index >= 15 is 0 Å². The third kappa shape index (κ3) is 1.35. The minimum absolute atomic E-state index is 0.301. The van der Waals surface area contributed by atoms with E-state index in [1.54, 1.807) is 0 Å². The number of fused-ring (bicyclic) bond motifs is 1. The molecule has 1 aliphatic rings. The van der Waals surface area contributed by atoms with Crippen LogP contribution in [-0.2, 0) is 0 Å². The van der Waals surface area contributed by atoms with Crippen molar-refractivity contribution in [3.63, 3.8) is 0 Å². The van der Waals surface area contributed by atoms with Crippen molar-refractivity contribution in [2.75, 3.05) is 18.5 Å². The van der Waals surface area contributed by atoms with Gasteiger partial charge in [0.2, 0.25) is 0 Å². The number of hydrogen-bond donors (Lipinski definition) is 1. The Kier molecular flexibility index (Phi) is 1.88. The summed E-state index contributed by atoms with van der Waals surface area (Å²) in [5, 5.41) is 2.99. The molecule has 2 rings (SSSR count). The van der Waals surface area contributed by atoms with Gasteiger partial charge in [0.15, 0.2) is 6.29 Å². The second kappa shape index (κ2) is 3.05. The van der Waals surface area contributed by atoms with Crippen molar-refractivity contribution in [1.82, 2.24) is 0 Å². The number of carbonyl (C=O) groups is 1. The Morgan fingerprint density at radius 3 is 3.15 bits per heavy atom. The quantitative estimate of drug-likeness (QED) is 0.666. The fourth-order valence-electron chi connectivity index (χ4n) is 1.34. The van der Waals surface area contributed by atoms with Gasteiger partial charge in [0.1, 0.15) is 18.2 Å². The molecule has 0 fully saturated rings. The summed E-state index contributed by atoms with van der Waals surface area (Å²) >= 11 is 0. The first-order valence-electron chi connectivity index (χ1n) is 3.96. The molecule has 0 spiro atoms. The highest BCUT2D eigenvalue weighted by Gasteiger charge is 2.14. The van der Waals surface area contributed by atoms with Crippen LogP contribution in [0, 0.1) is 5.82 Å². The monoisotopic (exact) mass is 181 g/mol. The summed E-state index contributed by atoms with van der Waals surface area (Å²) in [6, 6.07) is 2.46. The van der Waals surface area contributed by atoms with Crippen LogP contribution in [-0.4, -0.2) is 19.4 Å². The number of ether oxygens (including phenoxy) is 1. The Morgan fingerprint density at radius 1 is 1.54 bits per heavy atom. The molecule has 1 aromatic rings. The highest BCUT2D eigenvalue weighted by Crippen LogP contribution is 2.30. The molecule has 13 heavy (non-hydrogen) atoms. The largest absolute Gasteiger partial charge is 0.489 e. The predicted octanol–water partition coefficient (Wildman–Crippen LogP) is 1.44. The molecule has 3 nitrogen and oxygen atoms in total. The molecule has 0 atom stereocenters. The SMILES string of the molecule is O=Cc1cc(F)cc2c1NCCO2. The van der Waals surface area contributed by atoms with E-state index in [-0.39, 0.29) is 0 Å². The van der Waals surface area contributed by atoms with Crippen LogP contribution < -0.4 is 10.1 Å². The van der Waals surface area contributed by atoms with E-state index in [9.17, 15) is 9.18 Å². The Labute approximate surface area is 74.5 Å². The van der Waals surface area contributed by atoms with E-state index in [1.807, 2.05) is 0 Å². The van der Waals surface area contributed by atoms with E-state index in [2.05, 4.69) is 5.32 Å². The highest BCUT2D eigenvalue weighted by molar-refractivity contribution is 5.87. The van der Waals surface area contributed by atoms with Crippen molar-refractivity contribution in [3.05, 3.63) is 23.5 Å². The lowest BCUT2D eigenvalue weighted by Crippen LogP contribution is -2.19. The molecule has 0 saturated carbocycles. The van der Waals surface area contributed by atoms with E-state index < -0.39 is 5.82 Å². The van der Waals surface area contributed by atoms with Gasteiger partial charge < -0.3 is 10.1 Å². The molecule has 68 valence electrons. The van der Waals surface area contributed by atoms with Gasteiger partial charge in [-0.25, -0.2) is 4.39 Å². The molecule has 1 aromatic carbocycles. The van der Waals surface area contributed by atoms with E-state index in [4.69, 9.17) is 4.74 Å². The number of rotatable bonds is 1. The molecular formula is C9H8FNO2. The Morgan fingerprint density at radius 2 is 2.38 bits per heavy atom. The smallest absolute Gasteiger partial charge is 0.152 e. The van der Waals surface area contributed by atoms with Gasteiger partial charge in [-0.1, -0.05) is 0 Å². The van der Waals surface area contributed by atoms with Crippen molar-refractivity contribution in [3.8, 4) is 5.75 Å². The molecule has 0 radical (unpaired) electrons. The standard InChI is InChI=1S/C9H8FNO2/c10-7-3-6(5-12)9-8(4-7)13-2-1-11-9/h3-5,11H,1-2H2. The van der Waals surface area contributed by atoms with Crippen molar-refractivity contribution in [2.45, 2.75) is 0 Å². The molecule has 0 bridgehead atoms. The Hall–Kier alpha value is -1.58. The molecule has 0 saturated heterocycles. The Bertz CT molecular complexity index is 352. The summed E-state index contributed by atoms with van der Waals surface area (Å²) < 4.78 is 18.1. The zero-order chi connectivity index (χ0) is 9.26. The third-order valence-electron chi connectivity index (χ3n) is 1.89. The Balaban J connectivity index is 2.56. The lowest BCUT2D eigenvalue weighted by atomic mass is 10.1. The zero-order valence-corrected chi connectivity index (χ0v) is 6.84. The topological polar surface area (TPSA) is 38.3 Å². The minimum Gasteiger partial charge on any atom is -0.489 e. The molecule has 4 heteroatoms. The molecule has 0 aliphatic carbocycles. The zero-order valence-electron chi connectivity index (χ0n) is 6.84. The van der Waals surface area contributed by atoms with Crippen LogP contribution in [0.3, 0.4) is 0 Å². The van der Waals surface area contributed by atoms with Crippen LogP contribution >= 0.6 is 0 Å². The average molecular weight is 181 g/mol. The van der Waals surface area contributed by atoms with Crippen LogP contribution in [0.1, 0.15) is 10.4 Å². The van der Waals surface area contributed by atoms with Crippen LogP contribution in [0.25, 0.3) is 0 Å². The summed E-state index contributed by atoms with van der Waals surface area (Å²) in [6.45, 7) is 1.13. The van der Waals surface area contributed by atoms with Crippen molar-refractivity contribution in [1.29, 1.82) is 0 Å². The molecule has 0 amide bonds. The maximum atomic E-state index is 12.9. The summed E-state index contributed by atoms with van der Waals surface area (Å²) in [7, 11) is 0. The van der Waals surface area contributed by atoms with Crippen LogP contribution in [0.4, 0.5) is 10.1 Å². The third-order valence-corrected chi connectivity index (χ3v) is 1.89. The molecule has 0 unspecified atom stereocenters. The van der Waals surface area contributed by atoms with Gasteiger partial charge in [0.05, 0.1) is 5.69 Å². The minimum atomic E-state index is -0.454. The molecule has 1 heterocycles. The lowest BCUT2D eigenvalue weighted by molar-refractivity contribution is 0.112. The van der Waals surface area contributed by atoms with Crippen molar-refractivity contribution >= 4 is 12.0 Å². The summed E-state index contributed by atoms with van der Waals surface area (Å²) in [5.74, 6) is -0.0436. The number of aldehydes is 1. The van der Waals surface area contributed by atoms with Crippen molar-refractivity contribution < 1.29 is 13.9 Å². The highest BCUT2D eigenvalue weighted by atomic mass is 19.1. The fraction of sp³-hybridized carbons (Fsp3) is 0.222. The number of hydrogen-bond acceptors (Lipinski definition) is 3. The summed E-state index contributed by atoms with van der Waals surface area (Å²) in [6.07, 6.45) is 0.615. The maximum absolute atomic E-state index is 12.9. The molecule has 1 N–H and O–H groups in total. The van der Waals surface area contributed by atoms with Crippen LogP contribution in [0.5, 0.6) is 5.75 Å². The van der Waals surface area contributed by atoms with Gasteiger partial charge in [-0.3, -0.25) is 4.79 Å². The van der Waals surface area contributed by atoms with Crippen LogP contribution in [0.15, 0.2) is 12.1 Å². The average Bonchev–Trinajstić information content (AvgIpc) is 2.16. The predicted molar refractivity (Wildman–Crippen MR) is 45.8 cm³/mol. The number of anilines is 1. The normalized spacial score (nSPS) is 13.9. The van der Waals surface area contributed by atoms with Gasteiger partial charge in [0, 0.05) is 18.2 Å². The first kappa shape index (κ1) is 8.04. The lowest BCUT2D eigenvalue weighted by Gasteiger charge is -2.20. The molecule has 1 aliphatic heterocycles. The van der Waals surface area contributed by atoms with Gasteiger partial charge in [-0.2, -0.15) is 0 Å². The van der Waals surface area contributed by atoms with E-state index in [0.29, 0.717) is 36.4 Å². The first-order chi connectivity index (χ1) is 6.31. The summed E-state index contributed by atoms with van der Waals surface area (Å²) in [5.41, 5.74) is 0.886. The second-order valence-electron chi connectivity index (χ2n) is 2.76.